The third-order valence-corrected chi connectivity index (χ3v) is 4.83. The molecule has 0 amide bonds. The van der Waals surface area contributed by atoms with E-state index in [1.807, 2.05) is 0 Å². The molecule has 2 saturated carbocycles. The minimum Gasteiger partial charge on any atom is -0.370 e. The van der Waals surface area contributed by atoms with E-state index in [9.17, 15) is 0 Å². The molecule has 2 aliphatic carbocycles. The number of nitrogens with two attached hydrogens (primary N) is 1. The standard InChI is InChI=1S/C14H23N3O2/c1-18-14(7-4-8-14)13-16-12(19-17-13)9-10-5-2-3-6-11(10)15/h10-11H,2-9,15H2,1H3. The molecule has 2 aliphatic rings. The van der Waals surface area contributed by atoms with Crippen LogP contribution in [0.2, 0.25) is 0 Å². The van der Waals surface area contributed by atoms with E-state index in [-0.39, 0.29) is 11.6 Å². The zero-order valence-electron chi connectivity index (χ0n) is 11.6. The van der Waals surface area contributed by atoms with Gasteiger partial charge in [0.25, 0.3) is 0 Å². The summed E-state index contributed by atoms with van der Waals surface area (Å²) in [6.07, 6.45) is 8.78. The van der Waals surface area contributed by atoms with Crippen LogP contribution in [0.3, 0.4) is 0 Å². The van der Waals surface area contributed by atoms with Crippen molar-refractivity contribution in [2.24, 2.45) is 11.7 Å². The summed E-state index contributed by atoms with van der Waals surface area (Å²) in [5.41, 5.74) is 5.89. The summed E-state index contributed by atoms with van der Waals surface area (Å²) in [4.78, 5) is 4.55. The molecule has 0 spiro atoms. The molecule has 106 valence electrons. The summed E-state index contributed by atoms with van der Waals surface area (Å²) in [5, 5.41) is 4.12. The fourth-order valence-corrected chi connectivity index (χ4v) is 3.25. The van der Waals surface area contributed by atoms with Gasteiger partial charge < -0.3 is 15.0 Å². The molecule has 3 rings (SSSR count). The van der Waals surface area contributed by atoms with Crippen LogP contribution in [0.1, 0.15) is 56.7 Å². The van der Waals surface area contributed by atoms with Crippen LogP contribution >= 0.6 is 0 Å². The molecule has 1 aromatic heterocycles. The van der Waals surface area contributed by atoms with Crippen molar-refractivity contribution in [1.82, 2.24) is 10.1 Å². The predicted molar refractivity (Wildman–Crippen MR) is 70.5 cm³/mol. The Morgan fingerprint density at radius 3 is 2.74 bits per heavy atom. The Labute approximate surface area is 113 Å². The summed E-state index contributed by atoms with van der Waals surface area (Å²) >= 11 is 0. The average Bonchev–Trinajstić information content (AvgIpc) is 2.81. The van der Waals surface area contributed by atoms with Gasteiger partial charge in [0.15, 0.2) is 0 Å². The lowest BCUT2D eigenvalue weighted by Crippen LogP contribution is -2.37. The van der Waals surface area contributed by atoms with Crippen LogP contribution in [-0.2, 0) is 16.8 Å². The van der Waals surface area contributed by atoms with Crippen molar-refractivity contribution in [3.8, 4) is 0 Å². The molecule has 0 saturated heterocycles. The highest BCUT2D eigenvalue weighted by Crippen LogP contribution is 2.42. The van der Waals surface area contributed by atoms with E-state index in [4.69, 9.17) is 15.0 Å². The lowest BCUT2D eigenvalue weighted by molar-refractivity contribution is -0.0858. The Bertz CT molecular complexity index is 423. The van der Waals surface area contributed by atoms with E-state index in [1.54, 1.807) is 7.11 Å². The number of aromatic nitrogens is 2. The van der Waals surface area contributed by atoms with Gasteiger partial charge in [-0.3, -0.25) is 0 Å². The number of hydrogen-bond acceptors (Lipinski definition) is 5. The largest absolute Gasteiger partial charge is 0.370 e. The Hall–Kier alpha value is -0.940. The molecule has 2 N–H and O–H groups in total. The van der Waals surface area contributed by atoms with E-state index >= 15 is 0 Å². The number of hydrogen-bond donors (Lipinski definition) is 1. The van der Waals surface area contributed by atoms with Gasteiger partial charge >= 0.3 is 0 Å². The fraction of sp³-hybridized carbons (Fsp3) is 0.857. The molecule has 5 heteroatoms. The van der Waals surface area contributed by atoms with Crippen molar-refractivity contribution < 1.29 is 9.26 Å². The van der Waals surface area contributed by atoms with Crippen LogP contribution in [0.4, 0.5) is 0 Å². The second-order valence-electron chi connectivity index (χ2n) is 5.98. The molecule has 2 atom stereocenters. The van der Waals surface area contributed by atoms with Gasteiger partial charge in [-0.15, -0.1) is 0 Å². The Kier molecular flexibility index (Phi) is 3.58. The molecular weight excluding hydrogens is 242 g/mol. The zero-order valence-corrected chi connectivity index (χ0v) is 11.6. The first-order valence-corrected chi connectivity index (χ1v) is 7.37. The smallest absolute Gasteiger partial charge is 0.227 e. The van der Waals surface area contributed by atoms with Crippen LogP contribution in [-0.4, -0.2) is 23.3 Å². The Balaban J connectivity index is 1.67. The van der Waals surface area contributed by atoms with E-state index in [0.717, 1.165) is 37.4 Å². The minimum atomic E-state index is -0.281. The second-order valence-corrected chi connectivity index (χ2v) is 5.98. The topological polar surface area (TPSA) is 74.2 Å². The van der Waals surface area contributed by atoms with Crippen LogP contribution in [0.25, 0.3) is 0 Å². The van der Waals surface area contributed by atoms with Crippen LogP contribution < -0.4 is 5.73 Å². The van der Waals surface area contributed by atoms with Crippen LogP contribution in [0.5, 0.6) is 0 Å². The highest BCUT2D eigenvalue weighted by atomic mass is 16.5. The summed E-state index contributed by atoms with van der Waals surface area (Å²) in [6.45, 7) is 0. The van der Waals surface area contributed by atoms with E-state index < -0.39 is 0 Å². The van der Waals surface area contributed by atoms with Crippen molar-refractivity contribution in [2.75, 3.05) is 7.11 Å². The Morgan fingerprint density at radius 2 is 2.11 bits per heavy atom. The van der Waals surface area contributed by atoms with Gasteiger partial charge in [0.1, 0.15) is 5.60 Å². The molecule has 0 radical (unpaired) electrons. The van der Waals surface area contributed by atoms with Gasteiger partial charge in [-0.2, -0.15) is 4.98 Å². The molecule has 2 unspecified atom stereocenters. The van der Waals surface area contributed by atoms with Crippen LogP contribution in [0.15, 0.2) is 4.52 Å². The quantitative estimate of drug-likeness (QED) is 0.903. The number of nitrogens with zero attached hydrogens (tertiary/aromatic N) is 2. The molecule has 1 aromatic rings. The predicted octanol–water partition coefficient (Wildman–Crippen LogP) is 2.16. The maximum atomic E-state index is 6.17. The van der Waals surface area contributed by atoms with Gasteiger partial charge in [0.2, 0.25) is 11.7 Å². The summed E-state index contributed by atoms with van der Waals surface area (Å²) in [7, 11) is 1.73. The van der Waals surface area contributed by atoms with Crippen molar-refractivity contribution >= 4 is 0 Å². The first-order valence-electron chi connectivity index (χ1n) is 7.37. The zero-order chi connectivity index (χ0) is 13.3. The highest BCUT2D eigenvalue weighted by molar-refractivity contribution is 5.07. The second kappa shape index (κ2) is 5.21. The van der Waals surface area contributed by atoms with E-state index in [1.165, 1.54) is 25.7 Å². The lowest BCUT2D eigenvalue weighted by Gasteiger charge is -2.37. The first kappa shape index (κ1) is 13.1. The molecule has 5 nitrogen and oxygen atoms in total. The monoisotopic (exact) mass is 265 g/mol. The van der Waals surface area contributed by atoms with Crippen molar-refractivity contribution in [3.63, 3.8) is 0 Å². The molecule has 1 heterocycles. The molecular formula is C14H23N3O2. The van der Waals surface area contributed by atoms with Crippen molar-refractivity contribution in [2.45, 2.75) is 63.0 Å². The van der Waals surface area contributed by atoms with Gasteiger partial charge in [0.05, 0.1) is 0 Å². The van der Waals surface area contributed by atoms with Gasteiger partial charge in [-0.1, -0.05) is 18.0 Å². The van der Waals surface area contributed by atoms with Gasteiger partial charge in [0, 0.05) is 19.6 Å². The summed E-state index contributed by atoms with van der Waals surface area (Å²) in [5.74, 6) is 1.93. The van der Waals surface area contributed by atoms with E-state index in [2.05, 4.69) is 10.1 Å². The lowest BCUT2D eigenvalue weighted by atomic mass is 9.79. The van der Waals surface area contributed by atoms with Gasteiger partial charge in [-0.25, -0.2) is 0 Å². The SMILES string of the molecule is COC1(c2noc(CC3CCCCC3N)n2)CCC1. The Morgan fingerprint density at radius 1 is 1.32 bits per heavy atom. The molecule has 19 heavy (non-hydrogen) atoms. The van der Waals surface area contributed by atoms with Crippen molar-refractivity contribution in [3.05, 3.63) is 11.7 Å². The number of ether oxygens (including phenoxy) is 1. The molecule has 0 aliphatic heterocycles. The number of methoxy groups -OCH3 is 1. The van der Waals surface area contributed by atoms with E-state index in [0.29, 0.717) is 5.92 Å². The van der Waals surface area contributed by atoms with Crippen LogP contribution in [0, 0.1) is 5.92 Å². The van der Waals surface area contributed by atoms with Crippen molar-refractivity contribution in [1.29, 1.82) is 0 Å². The summed E-state index contributed by atoms with van der Waals surface area (Å²) in [6, 6.07) is 0.282. The fourth-order valence-electron chi connectivity index (χ4n) is 3.25. The molecule has 2 fully saturated rings. The first-order chi connectivity index (χ1) is 9.23. The molecule has 0 bridgehead atoms. The maximum absolute atomic E-state index is 6.17. The third-order valence-electron chi connectivity index (χ3n) is 4.83. The average molecular weight is 265 g/mol. The minimum absolute atomic E-state index is 0.281. The van der Waals surface area contributed by atoms with Gasteiger partial charge in [-0.05, 0) is 38.0 Å². The maximum Gasteiger partial charge on any atom is 0.227 e. The number of rotatable bonds is 4. The normalized spacial score (nSPS) is 30.0. The highest BCUT2D eigenvalue weighted by Gasteiger charge is 2.43. The molecule has 0 aromatic carbocycles. The third kappa shape index (κ3) is 2.41. The summed E-state index contributed by atoms with van der Waals surface area (Å²) < 4.78 is 11.0.